The van der Waals surface area contributed by atoms with Crippen LogP contribution in [0.2, 0.25) is 0 Å². The highest BCUT2D eigenvalue weighted by Gasteiger charge is 2.17. The number of fused-ring (bicyclic) bond motifs is 1. The fourth-order valence-electron chi connectivity index (χ4n) is 1.93. The van der Waals surface area contributed by atoms with Crippen LogP contribution < -0.4 is 5.32 Å². The van der Waals surface area contributed by atoms with Gasteiger partial charge in [-0.3, -0.25) is 10.3 Å². The van der Waals surface area contributed by atoms with Gasteiger partial charge in [-0.2, -0.15) is 0 Å². The molecule has 0 aliphatic carbocycles. The lowest BCUT2D eigenvalue weighted by Crippen LogP contribution is -2.27. The highest BCUT2D eigenvalue weighted by Crippen LogP contribution is 2.24. The third kappa shape index (κ3) is 3.47. The molecular weight excluding hydrogens is 252 g/mol. The third-order valence-electron chi connectivity index (χ3n) is 2.77. The van der Waals surface area contributed by atoms with E-state index in [-0.39, 0.29) is 0 Å². The molecule has 2 aromatic rings. The van der Waals surface area contributed by atoms with Gasteiger partial charge < -0.3 is 4.74 Å². The Bertz CT molecular complexity index is 630. The van der Waals surface area contributed by atoms with Crippen molar-refractivity contribution in [2.45, 2.75) is 39.7 Å². The number of hydrogen-bond donors (Lipinski definition) is 1. The smallest absolute Gasteiger partial charge is 0.412 e. The van der Waals surface area contributed by atoms with Crippen molar-refractivity contribution < 1.29 is 9.53 Å². The van der Waals surface area contributed by atoms with Crippen molar-refractivity contribution in [2.24, 2.45) is 0 Å². The number of para-hydroxylation sites is 1. The summed E-state index contributed by atoms with van der Waals surface area (Å²) < 4.78 is 5.29. The van der Waals surface area contributed by atoms with E-state index in [0.29, 0.717) is 0 Å². The van der Waals surface area contributed by atoms with Crippen LogP contribution in [0.25, 0.3) is 10.9 Å². The number of nitrogens with zero attached hydrogens (tertiary/aromatic N) is 1. The van der Waals surface area contributed by atoms with Crippen molar-refractivity contribution in [1.82, 2.24) is 4.98 Å². The second-order valence-corrected chi connectivity index (χ2v) is 5.66. The molecule has 0 atom stereocenters. The van der Waals surface area contributed by atoms with E-state index >= 15 is 0 Å². The third-order valence-corrected chi connectivity index (χ3v) is 2.77. The number of nitrogens with one attached hydrogen (secondary N) is 1. The minimum Gasteiger partial charge on any atom is -0.444 e. The number of amides is 1. The summed E-state index contributed by atoms with van der Waals surface area (Å²) in [5, 5.41) is 3.73. The predicted molar refractivity (Wildman–Crippen MR) is 81.0 cm³/mol. The molecule has 0 spiro atoms. The summed E-state index contributed by atoms with van der Waals surface area (Å²) in [5.41, 5.74) is 2.04. The maximum atomic E-state index is 11.9. The summed E-state index contributed by atoms with van der Waals surface area (Å²) >= 11 is 0. The highest BCUT2D eigenvalue weighted by molar-refractivity contribution is 5.98. The second-order valence-electron chi connectivity index (χ2n) is 5.66. The fraction of sp³-hybridized carbons (Fsp3) is 0.375. The van der Waals surface area contributed by atoms with Crippen LogP contribution in [0, 0.1) is 0 Å². The molecule has 20 heavy (non-hydrogen) atoms. The monoisotopic (exact) mass is 272 g/mol. The average Bonchev–Trinajstić information content (AvgIpc) is 2.36. The molecular formula is C16H20N2O2. The number of hydrogen-bond acceptors (Lipinski definition) is 3. The minimum absolute atomic E-state index is 0.448. The zero-order chi connectivity index (χ0) is 14.8. The lowest BCUT2D eigenvalue weighted by Gasteiger charge is -2.20. The molecule has 0 aliphatic heterocycles. The number of aryl methyl sites for hydroxylation is 1. The summed E-state index contributed by atoms with van der Waals surface area (Å²) in [4.78, 5) is 16.5. The Balaban J connectivity index is 2.35. The van der Waals surface area contributed by atoms with Gasteiger partial charge in [-0.25, -0.2) is 4.79 Å². The standard InChI is InChI=1S/C16H20N2O2/c1-5-11-10-14(18-15(19)20-16(2,3)4)12-8-6-7-9-13(12)17-11/h6-10H,5H2,1-4H3,(H,17,18,19). The Morgan fingerprint density at radius 3 is 2.65 bits per heavy atom. The van der Waals surface area contributed by atoms with Crippen LogP contribution in [0.3, 0.4) is 0 Å². The molecule has 1 N–H and O–H groups in total. The van der Waals surface area contributed by atoms with Gasteiger partial charge in [0.15, 0.2) is 0 Å². The number of carbonyl (C=O) groups is 1. The quantitative estimate of drug-likeness (QED) is 0.893. The Morgan fingerprint density at radius 1 is 1.30 bits per heavy atom. The Hall–Kier alpha value is -2.10. The van der Waals surface area contributed by atoms with Gasteiger partial charge in [0.2, 0.25) is 0 Å². The van der Waals surface area contributed by atoms with E-state index in [1.165, 1.54) is 0 Å². The SMILES string of the molecule is CCc1cc(NC(=O)OC(C)(C)C)c2ccccc2n1. The lowest BCUT2D eigenvalue weighted by molar-refractivity contribution is 0.0636. The summed E-state index contributed by atoms with van der Waals surface area (Å²) in [7, 11) is 0. The molecule has 0 radical (unpaired) electrons. The molecule has 1 amide bonds. The van der Waals surface area contributed by atoms with Gasteiger partial charge in [0.1, 0.15) is 5.60 Å². The van der Waals surface area contributed by atoms with Crippen LogP contribution in [0.5, 0.6) is 0 Å². The number of carbonyl (C=O) groups excluding carboxylic acids is 1. The lowest BCUT2D eigenvalue weighted by atomic mass is 10.1. The fourth-order valence-corrected chi connectivity index (χ4v) is 1.93. The summed E-state index contributed by atoms with van der Waals surface area (Å²) in [6.45, 7) is 7.56. The Morgan fingerprint density at radius 2 is 2.00 bits per heavy atom. The molecule has 0 aliphatic rings. The Kier molecular flexibility index (Phi) is 3.93. The highest BCUT2D eigenvalue weighted by atomic mass is 16.6. The summed E-state index contributed by atoms with van der Waals surface area (Å²) in [6.07, 6.45) is 0.365. The van der Waals surface area contributed by atoms with Crippen molar-refractivity contribution in [1.29, 1.82) is 0 Å². The first-order chi connectivity index (χ1) is 9.39. The number of anilines is 1. The van der Waals surface area contributed by atoms with Crippen molar-refractivity contribution in [3.8, 4) is 0 Å². The van der Waals surface area contributed by atoms with E-state index in [4.69, 9.17) is 4.74 Å². The van der Waals surface area contributed by atoms with Crippen molar-refractivity contribution >= 4 is 22.7 Å². The van der Waals surface area contributed by atoms with E-state index in [9.17, 15) is 4.79 Å². The van der Waals surface area contributed by atoms with E-state index in [2.05, 4.69) is 10.3 Å². The molecule has 0 unspecified atom stereocenters. The van der Waals surface area contributed by atoms with E-state index < -0.39 is 11.7 Å². The molecule has 2 rings (SSSR count). The normalized spacial score (nSPS) is 11.4. The Labute approximate surface area is 119 Å². The van der Waals surface area contributed by atoms with E-state index in [0.717, 1.165) is 28.7 Å². The van der Waals surface area contributed by atoms with Gasteiger partial charge in [0.25, 0.3) is 0 Å². The van der Waals surface area contributed by atoms with Crippen LogP contribution in [-0.4, -0.2) is 16.7 Å². The minimum atomic E-state index is -0.513. The molecule has 0 bridgehead atoms. The maximum absolute atomic E-state index is 11.9. The van der Waals surface area contributed by atoms with Gasteiger partial charge in [-0.1, -0.05) is 25.1 Å². The first kappa shape index (κ1) is 14.3. The molecule has 1 aromatic carbocycles. The van der Waals surface area contributed by atoms with Crippen molar-refractivity contribution in [3.05, 3.63) is 36.0 Å². The van der Waals surface area contributed by atoms with Crippen LogP contribution >= 0.6 is 0 Å². The van der Waals surface area contributed by atoms with Gasteiger partial charge in [0.05, 0.1) is 11.2 Å². The molecule has 0 saturated heterocycles. The largest absolute Gasteiger partial charge is 0.444 e. The zero-order valence-electron chi connectivity index (χ0n) is 12.4. The summed E-state index contributed by atoms with van der Waals surface area (Å²) in [5.74, 6) is 0. The molecule has 0 fully saturated rings. The predicted octanol–water partition coefficient (Wildman–Crippen LogP) is 4.14. The van der Waals surface area contributed by atoms with Gasteiger partial charge in [0, 0.05) is 11.1 Å². The zero-order valence-corrected chi connectivity index (χ0v) is 12.4. The molecule has 4 heteroatoms. The average molecular weight is 272 g/mol. The van der Waals surface area contributed by atoms with Crippen molar-refractivity contribution in [2.75, 3.05) is 5.32 Å². The number of aromatic nitrogens is 1. The van der Waals surface area contributed by atoms with Crippen LogP contribution in [-0.2, 0) is 11.2 Å². The number of rotatable bonds is 2. The molecule has 1 aromatic heterocycles. The topological polar surface area (TPSA) is 51.2 Å². The van der Waals surface area contributed by atoms with E-state index in [1.54, 1.807) is 0 Å². The first-order valence-corrected chi connectivity index (χ1v) is 6.77. The number of benzene rings is 1. The van der Waals surface area contributed by atoms with E-state index in [1.807, 2.05) is 58.0 Å². The van der Waals surface area contributed by atoms with Crippen LogP contribution in [0.4, 0.5) is 10.5 Å². The number of pyridine rings is 1. The summed E-state index contributed by atoms with van der Waals surface area (Å²) in [6, 6.07) is 9.64. The molecule has 1 heterocycles. The number of ether oxygens (including phenoxy) is 1. The first-order valence-electron chi connectivity index (χ1n) is 6.77. The second kappa shape index (κ2) is 5.49. The van der Waals surface area contributed by atoms with Crippen molar-refractivity contribution in [3.63, 3.8) is 0 Å². The molecule has 106 valence electrons. The van der Waals surface area contributed by atoms with Gasteiger partial charge >= 0.3 is 6.09 Å². The van der Waals surface area contributed by atoms with Crippen LogP contribution in [0.1, 0.15) is 33.4 Å². The maximum Gasteiger partial charge on any atom is 0.412 e. The van der Waals surface area contributed by atoms with Gasteiger partial charge in [-0.15, -0.1) is 0 Å². The van der Waals surface area contributed by atoms with Gasteiger partial charge in [-0.05, 0) is 39.3 Å². The van der Waals surface area contributed by atoms with Crippen LogP contribution in [0.15, 0.2) is 30.3 Å². The molecule has 0 saturated carbocycles. The molecule has 4 nitrogen and oxygen atoms in total.